The summed E-state index contributed by atoms with van der Waals surface area (Å²) >= 11 is 0. The van der Waals surface area contributed by atoms with Crippen LogP contribution in [0.25, 0.3) is 22.3 Å². The molecule has 0 saturated carbocycles. The Hall–Kier alpha value is -2.44. The Balaban J connectivity index is 2.12. The van der Waals surface area contributed by atoms with E-state index < -0.39 is 0 Å². The number of H-pyrrole nitrogens is 1. The Kier molecular flexibility index (Phi) is 2.86. The van der Waals surface area contributed by atoms with E-state index in [1.165, 1.54) is 0 Å². The van der Waals surface area contributed by atoms with Crippen LogP contribution in [0.5, 0.6) is 0 Å². The first-order valence-electron chi connectivity index (χ1n) is 6.22. The van der Waals surface area contributed by atoms with Crippen LogP contribution >= 0.6 is 0 Å². The van der Waals surface area contributed by atoms with Gasteiger partial charge in [0, 0.05) is 25.4 Å². The summed E-state index contributed by atoms with van der Waals surface area (Å²) in [7, 11) is 1.88. The molecule has 0 aliphatic rings. The molecule has 98 valence electrons. The monoisotopic (exact) mass is 257 g/mol. The molecule has 3 aromatic rings. The summed E-state index contributed by atoms with van der Waals surface area (Å²) in [5.74, 6) is 0.609. The average molecular weight is 257 g/mol. The van der Waals surface area contributed by atoms with Crippen LogP contribution in [-0.2, 0) is 7.05 Å². The van der Waals surface area contributed by atoms with Gasteiger partial charge in [0.2, 0.25) is 5.95 Å². The fraction of sp³-hybridized carbons (Fsp3) is 0.333. The van der Waals surface area contributed by atoms with Crippen molar-refractivity contribution in [2.45, 2.75) is 13.3 Å². The molecule has 3 heterocycles. The highest BCUT2D eigenvalue weighted by atomic mass is 15.2. The number of anilines is 1. The molecule has 0 aliphatic carbocycles. The Labute approximate surface area is 110 Å². The SMILES string of the molecule is CCCNc1nc(-c2cnn(C)c2)c2cn[nH]c2n1. The number of fused-ring (bicyclic) bond motifs is 1. The normalized spacial score (nSPS) is 11.1. The molecule has 3 rings (SSSR count). The van der Waals surface area contributed by atoms with E-state index in [4.69, 9.17) is 0 Å². The number of hydrogen-bond donors (Lipinski definition) is 2. The largest absolute Gasteiger partial charge is 0.354 e. The zero-order valence-electron chi connectivity index (χ0n) is 10.9. The molecule has 0 amide bonds. The Bertz CT molecular complexity index is 697. The second-order valence-corrected chi connectivity index (χ2v) is 4.36. The molecule has 0 aromatic carbocycles. The van der Waals surface area contributed by atoms with Gasteiger partial charge in [-0.3, -0.25) is 9.78 Å². The van der Waals surface area contributed by atoms with Crippen molar-refractivity contribution in [3.05, 3.63) is 18.6 Å². The molecule has 3 aromatic heterocycles. The summed E-state index contributed by atoms with van der Waals surface area (Å²) in [6.07, 6.45) is 6.48. The average Bonchev–Trinajstić information content (AvgIpc) is 3.03. The van der Waals surface area contributed by atoms with Crippen LogP contribution < -0.4 is 5.32 Å². The quantitative estimate of drug-likeness (QED) is 0.741. The third-order valence-corrected chi connectivity index (χ3v) is 2.82. The number of rotatable bonds is 4. The van der Waals surface area contributed by atoms with E-state index in [-0.39, 0.29) is 0 Å². The minimum atomic E-state index is 0.609. The summed E-state index contributed by atoms with van der Waals surface area (Å²) in [5, 5.41) is 15.2. The molecule has 0 spiro atoms. The summed E-state index contributed by atoms with van der Waals surface area (Å²) in [6.45, 7) is 2.94. The molecule has 0 bridgehead atoms. The highest BCUT2D eigenvalue weighted by Crippen LogP contribution is 2.25. The summed E-state index contributed by atoms with van der Waals surface area (Å²) in [4.78, 5) is 8.96. The highest BCUT2D eigenvalue weighted by molar-refractivity contribution is 5.90. The molecule has 0 saturated heterocycles. The molecular weight excluding hydrogens is 242 g/mol. The van der Waals surface area contributed by atoms with E-state index >= 15 is 0 Å². The molecular formula is C12H15N7. The summed E-state index contributed by atoms with van der Waals surface area (Å²) in [6, 6.07) is 0. The van der Waals surface area contributed by atoms with Crippen molar-refractivity contribution in [2.75, 3.05) is 11.9 Å². The van der Waals surface area contributed by atoms with E-state index in [9.17, 15) is 0 Å². The Morgan fingerprint density at radius 1 is 1.32 bits per heavy atom. The van der Waals surface area contributed by atoms with Crippen LogP contribution in [0.3, 0.4) is 0 Å². The van der Waals surface area contributed by atoms with Crippen LogP contribution in [0.15, 0.2) is 18.6 Å². The van der Waals surface area contributed by atoms with Crippen molar-refractivity contribution in [2.24, 2.45) is 7.05 Å². The smallest absolute Gasteiger partial charge is 0.225 e. The third kappa shape index (κ3) is 2.14. The minimum absolute atomic E-state index is 0.609. The first-order chi connectivity index (χ1) is 9.28. The fourth-order valence-corrected chi connectivity index (χ4v) is 1.91. The molecule has 19 heavy (non-hydrogen) atoms. The van der Waals surface area contributed by atoms with Crippen LogP contribution in [0, 0.1) is 0 Å². The Morgan fingerprint density at radius 3 is 2.95 bits per heavy atom. The second kappa shape index (κ2) is 4.68. The van der Waals surface area contributed by atoms with Crippen molar-refractivity contribution < 1.29 is 0 Å². The van der Waals surface area contributed by atoms with Gasteiger partial charge in [-0.15, -0.1) is 0 Å². The summed E-state index contributed by atoms with van der Waals surface area (Å²) < 4.78 is 1.75. The fourth-order valence-electron chi connectivity index (χ4n) is 1.91. The number of nitrogens with one attached hydrogen (secondary N) is 2. The van der Waals surface area contributed by atoms with Gasteiger partial charge in [-0.05, 0) is 6.42 Å². The van der Waals surface area contributed by atoms with Crippen LogP contribution in [0.4, 0.5) is 5.95 Å². The first-order valence-corrected chi connectivity index (χ1v) is 6.22. The number of aryl methyl sites for hydroxylation is 1. The van der Waals surface area contributed by atoms with Gasteiger partial charge in [0.25, 0.3) is 0 Å². The first kappa shape index (κ1) is 11.6. The lowest BCUT2D eigenvalue weighted by atomic mass is 10.2. The molecule has 7 nitrogen and oxygen atoms in total. The van der Waals surface area contributed by atoms with Crippen molar-refractivity contribution >= 4 is 17.0 Å². The van der Waals surface area contributed by atoms with E-state index in [0.717, 1.165) is 35.3 Å². The van der Waals surface area contributed by atoms with Gasteiger partial charge in [0.1, 0.15) is 0 Å². The number of hydrogen-bond acceptors (Lipinski definition) is 5. The molecule has 0 atom stereocenters. The zero-order chi connectivity index (χ0) is 13.2. The maximum absolute atomic E-state index is 4.56. The minimum Gasteiger partial charge on any atom is -0.354 e. The molecule has 0 fully saturated rings. The maximum Gasteiger partial charge on any atom is 0.225 e. The predicted octanol–water partition coefficient (Wildman–Crippen LogP) is 1.58. The van der Waals surface area contributed by atoms with Gasteiger partial charge >= 0.3 is 0 Å². The van der Waals surface area contributed by atoms with E-state index in [1.807, 2.05) is 13.2 Å². The number of aromatic amines is 1. The van der Waals surface area contributed by atoms with Gasteiger partial charge < -0.3 is 5.32 Å². The van der Waals surface area contributed by atoms with Gasteiger partial charge in [-0.25, -0.2) is 4.98 Å². The third-order valence-electron chi connectivity index (χ3n) is 2.82. The van der Waals surface area contributed by atoms with Crippen LogP contribution in [0.1, 0.15) is 13.3 Å². The van der Waals surface area contributed by atoms with Crippen molar-refractivity contribution in [1.29, 1.82) is 0 Å². The highest BCUT2D eigenvalue weighted by Gasteiger charge is 2.12. The van der Waals surface area contributed by atoms with Crippen molar-refractivity contribution in [3.63, 3.8) is 0 Å². The number of aromatic nitrogens is 6. The topological polar surface area (TPSA) is 84.3 Å². The lowest BCUT2D eigenvalue weighted by Crippen LogP contribution is -2.05. The number of nitrogens with zero attached hydrogens (tertiary/aromatic N) is 5. The van der Waals surface area contributed by atoms with E-state index in [2.05, 4.69) is 37.5 Å². The molecule has 0 radical (unpaired) electrons. The molecule has 7 heteroatoms. The predicted molar refractivity (Wildman–Crippen MR) is 72.7 cm³/mol. The second-order valence-electron chi connectivity index (χ2n) is 4.36. The standard InChI is InChI=1S/C12H15N7/c1-3-4-13-12-16-10(8-5-15-19(2)7-8)9-6-14-18-11(9)17-12/h5-7H,3-4H2,1-2H3,(H2,13,14,16,17,18). The van der Waals surface area contributed by atoms with Gasteiger partial charge in [-0.1, -0.05) is 6.92 Å². The molecule has 0 unspecified atom stereocenters. The van der Waals surface area contributed by atoms with Gasteiger partial charge in [0.05, 0.1) is 23.5 Å². The van der Waals surface area contributed by atoms with Crippen LogP contribution in [0.2, 0.25) is 0 Å². The van der Waals surface area contributed by atoms with Crippen LogP contribution in [-0.4, -0.2) is 36.5 Å². The molecule has 0 aliphatic heterocycles. The lowest BCUT2D eigenvalue weighted by Gasteiger charge is -2.05. The van der Waals surface area contributed by atoms with Gasteiger partial charge in [0.15, 0.2) is 5.65 Å². The molecule has 2 N–H and O–H groups in total. The van der Waals surface area contributed by atoms with E-state index in [1.54, 1.807) is 17.1 Å². The van der Waals surface area contributed by atoms with Crippen molar-refractivity contribution in [1.82, 2.24) is 29.9 Å². The van der Waals surface area contributed by atoms with E-state index in [0.29, 0.717) is 5.95 Å². The Morgan fingerprint density at radius 2 is 2.21 bits per heavy atom. The lowest BCUT2D eigenvalue weighted by molar-refractivity contribution is 0.768. The maximum atomic E-state index is 4.56. The van der Waals surface area contributed by atoms with Crippen molar-refractivity contribution in [3.8, 4) is 11.3 Å². The zero-order valence-corrected chi connectivity index (χ0v) is 10.9. The van der Waals surface area contributed by atoms with Gasteiger partial charge in [-0.2, -0.15) is 15.2 Å². The summed E-state index contributed by atoms with van der Waals surface area (Å²) in [5.41, 5.74) is 2.52.